The monoisotopic (exact) mass is 832 g/mol. The SMILES string of the molecule is c1ccc([Si]2(c3ccccc3)c3ccccc3-n3c4ccc(-c5nc(-n6c7ccccc7c7ccccc76)nc(-n6c7ccccc7c7ccccc76)n5)cc4c4cccc2c43)cc1. The molecule has 1 aliphatic rings. The van der Waals surface area contributed by atoms with Crippen LogP contribution in [0.4, 0.5) is 0 Å². The summed E-state index contributed by atoms with van der Waals surface area (Å²) in [6, 6.07) is 79.3. The summed E-state index contributed by atoms with van der Waals surface area (Å²) in [6.45, 7) is 0. The maximum absolute atomic E-state index is 5.43. The van der Waals surface area contributed by atoms with Crippen molar-refractivity contribution >= 4 is 94.2 Å². The third kappa shape index (κ3) is 4.70. The van der Waals surface area contributed by atoms with Gasteiger partial charge in [-0.05, 0) is 69.3 Å². The molecule has 7 heteroatoms. The first-order valence-electron chi connectivity index (χ1n) is 21.8. The molecule has 0 bridgehead atoms. The van der Waals surface area contributed by atoms with E-state index < -0.39 is 8.07 Å². The molecule has 0 unspecified atom stereocenters. The van der Waals surface area contributed by atoms with Gasteiger partial charge in [-0.15, -0.1) is 0 Å². The molecule has 1 aliphatic heterocycles. The summed E-state index contributed by atoms with van der Waals surface area (Å²) in [5, 5.41) is 12.5. The van der Waals surface area contributed by atoms with Gasteiger partial charge >= 0.3 is 0 Å². The van der Waals surface area contributed by atoms with Crippen molar-refractivity contribution < 1.29 is 0 Å². The highest BCUT2D eigenvalue weighted by Gasteiger charge is 2.47. The molecule has 0 saturated carbocycles. The first-order chi connectivity index (χ1) is 31.8. The smallest absolute Gasteiger partial charge is 0.240 e. The van der Waals surface area contributed by atoms with Crippen LogP contribution in [0.15, 0.2) is 218 Å². The van der Waals surface area contributed by atoms with E-state index in [4.69, 9.17) is 15.0 Å². The second-order valence-corrected chi connectivity index (χ2v) is 20.5. The molecule has 6 nitrogen and oxygen atoms in total. The molecule has 0 radical (unpaired) electrons. The molecule has 0 fully saturated rings. The largest absolute Gasteiger partial charge is 0.309 e. The van der Waals surface area contributed by atoms with Gasteiger partial charge in [0.25, 0.3) is 0 Å². The minimum Gasteiger partial charge on any atom is -0.309 e. The molecule has 13 aromatic rings. The van der Waals surface area contributed by atoms with Crippen molar-refractivity contribution in [3.8, 4) is 29.0 Å². The summed E-state index contributed by atoms with van der Waals surface area (Å²) in [5.74, 6) is 1.74. The molecule has 5 heterocycles. The molecule has 0 N–H and O–H groups in total. The van der Waals surface area contributed by atoms with Gasteiger partial charge in [-0.25, -0.2) is 0 Å². The normalized spacial score (nSPS) is 13.1. The maximum atomic E-state index is 5.43. The van der Waals surface area contributed by atoms with E-state index in [0.717, 1.165) is 60.1 Å². The second-order valence-electron chi connectivity index (χ2n) is 16.8. The fraction of sp³-hybridized carbons (Fsp3) is 0. The Kier molecular flexibility index (Phi) is 7.32. The van der Waals surface area contributed by atoms with Gasteiger partial charge < -0.3 is 4.57 Å². The molecule has 0 atom stereocenters. The zero-order valence-corrected chi connectivity index (χ0v) is 35.5. The average molecular weight is 833 g/mol. The Labute approximate surface area is 368 Å². The molecule has 0 amide bonds. The van der Waals surface area contributed by atoms with Crippen molar-refractivity contribution in [2.24, 2.45) is 0 Å². The van der Waals surface area contributed by atoms with Gasteiger partial charge in [-0.3, -0.25) is 9.13 Å². The summed E-state index contributed by atoms with van der Waals surface area (Å²) in [5.41, 5.74) is 8.75. The predicted molar refractivity (Wildman–Crippen MR) is 265 cm³/mol. The van der Waals surface area contributed by atoms with Crippen molar-refractivity contribution in [3.05, 3.63) is 218 Å². The van der Waals surface area contributed by atoms with E-state index in [-0.39, 0.29) is 0 Å². The van der Waals surface area contributed by atoms with Crippen LogP contribution in [0.5, 0.6) is 0 Å². The number of aromatic nitrogens is 6. The van der Waals surface area contributed by atoms with Crippen LogP contribution in [0.25, 0.3) is 94.4 Å². The van der Waals surface area contributed by atoms with Crippen LogP contribution < -0.4 is 20.7 Å². The van der Waals surface area contributed by atoms with Crippen LogP contribution in [-0.4, -0.2) is 36.7 Å². The van der Waals surface area contributed by atoms with E-state index in [1.165, 1.54) is 37.3 Å². The number of hydrogen-bond donors (Lipinski definition) is 0. The molecule has 0 saturated heterocycles. The van der Waals surface area contributed by atoms with Crippen molar-refractivity contribution in [1.29, 1.82) is 0 Å². The highest BCUT2D eigenvalue weighted by Crippen LogP contribution is 2.39. The van der Waals surface area contributed by atoms with Crippen LogP contribution in [0, 0.1) is 0 Å². The van der Waals surface area contributed by atoms with Gasteiger partial charge in [0.05, 0.1) is 33.1 Å². The average Bonchev–Trinajstić information content (AvgIpc) is 4.01. The van der Waals surface area contributed by atoms with Crippen molar-refractivity contribution in [2.45, 2.75) is 0 Å². The number of fused-ring (bicyclic) bond motifs is 11. The van der Waals surface area contributed by atoms with Crippen LogP contribution in [0.1, 0.15) is 0 Å². The van der Waals surface area contributed by atoms with Gasteiger partial charge in [0, 0.05) is 43.6 Å². The number of para-hydroxylation sites is 6. The van der Waals surface area contributed by atoms with Crippen LogP contribution in [0.2, 0.25) is 0 Å². The third-order valence-corrected chi connectivity index (χ3v) is 18.4. The summed E-state index contributed by atoms with van der Waals surface area (Å²) < 4.78 is 6.90. The molecule has 64 heavy (non-hydrogen) atoms. The van der Waals surface area contributed by atoms with Crippen molar-refractivity contribution in [3.63, 3.8) is 0 Å². The predicted octanol–water partition coefficient (Wildman–Crippen LogP) is 10.5. The molecule has 0 spiro atoms. The molecule has 9 aromatic carbocycles. The van der Waals surface area contributed by atoms with Gasteiger partial charge in [0.15, 0.2) is 13.9 Å². The topological polar surface area (TPSA) is 53.5 Å². The molecular formula is C57H36N6Si. The van der Waals surface area contributed by atoms with Gasteiger partial charge in [-0.2, -0.15) is 15.0 Å². The van der Waals surface area contributed by atoms with Crippen molar-refractivity contribution in [2.75, 3.05) is 0 Å². The Morgan fingerprint density at radius 2 is 0.750 bits per heavy atom. The lowest BCUT2D eigenvalue weighted by Gasteiger charge is -2.39. The van der Waals surface area contributed by atoms with Crippen LogP contribution in [-0.2, 0) is 0 Å². The van der Waals surface area contributed by atoms with E-state index in [1.807, 2.05) is 0 Å². The lowest BCUT2D eigenvalue weighted by atomic mass is 10.1. The molecule has 4 aromatic heterocycles. The molecule has 298 valence electrons. The lowest BCUT2D eigenvalue weighted by molar-refractivity contribution is 0.893. The number of hydrogen-bond acceptors (Lipinski definition) is 3. The standard InChI is InChI=1S/C57H36N6Si/c1-3-18-38(19-4-1)64(39-20-5-2-6-21-39)52-32-16-15-31-51(52)61-50-35-34-37(36-45(50)44-26-17-33-53(64)54(44)61)55-58-56(62-46-27-11-7-22-40(46)41-23-8-12-28-47(41)62)60-57(59-55)63-48-29-13-9-24-42(48)43-25-10-14-30-49(43)63/h1-36H. The summed E-state index contributed by atoms with van der Waals surface area (Å²) in [7, 11) is -2.77. The summed E-state index contributed by atoms with van der Waals surface area (Å²) in [6.07, 6.45) is 0. The number of nitrogens with zero attached hydrogens (tertiary/aromatic N) is 6. The zero-order valence-electron chi connectivity index (χ0n) is 34.5. The Hall–Kier alpha value is -8.39. The fourth-order valence-corrected chi connectivity index (χ4v) is 16.1. The number of rotatable bonds is 5. The van der Waals surface area contributed by atoms with Gasteiger partial charge in [0.1, 0.15) is 0 Å². The van der Waals surface area contributed by atoms with E-state index in [0.29, 0.717) is 17.7 Å². The molecule has 14 rings (SSSR count). The summed E-state index contributed by atoms with van der Waals surface area (Å²) in [4.78, 5) is 16.2. The maximum Gasteiger partial charge on any atom is 0.240 e. The Bertz CT molecular complexity index is 3750. The first-order valence-corrected chi connectivity index (χ1v) is 23.8. The highest BCUT2D eigenvalue weighted by molar-refractivity contribution is 7.21. The Morgan fingerprint density at radius 1 is 0.312 bits per heavy atom. The van der Waals surface area contributed by atoms with E-state index >= 15 is 0 Å². The van der Waals surface area contributed by atoms with E-state index in [2.05, 4.69) is 232 Å². The summed E-state index contributed by atoms with van der Waals surface area (Å²) >= 11 is 0. The third-order valence-electron chi connectivity index (χ3n) is 13.6. The molecular weight excluding hydrogens is 797 g/mol. The van der Waals surface area contributed by atoms with Gasteiger partial charge in [-0.1, -0.05) is 170 Å². The van der Waals surface area contributed by atoms with E-state index in [1.54, 1.807) is 0 Å². The van der Waals surface area contributed by atoms with E-state index in [9.17, 15) is 0 Å². The van der Waals surface area contributed by atoms with Crippen molar-refractivity contribution in [1.82, 2.24) is 28.7 Å². The fourth-order valence-electron chi connectivity index (χ4n) is 11.0. The zero-order chi connectivity index (χ0) is 41.9. The second kappa shape index (κ2) is 13.3. The minimum absolute atomic E-state index is 0.567. The van der Waals surface area contributed by atoms with Gasteiger partial charge in [0.2, 0.25) is 11.9 Å². The quantitative estimate of drug-likeness (QED) is 0.162. The minimum atomic E-state index is -2.77. The van der Waals surface area contributed by atoms with Crippen LogP contribution >= 0.6 is 0 Å². The molecule has 0 aliphatic carbocycles. The highest BCUT2D eigenvalue weighted by atomic mass is 28.3. The Morgan fingerprint density at radius 3 is 1.30 bits per heavy atom. The first kappa shape index (κ1) is 35.2. The number of benzene rings is 9. The lowest BCUT2D eigenvalue weighted by Crippen LogP contribution is -2.76. The van der Waals surface area contributed by atoms with Crippen LogP contribution in [0.3, 0.4) is 0 Å². The Balaban J connectivity index is 1.07.